The Balaban J connectivity index is 2.76. The Kier molecular flexibility index (Phi) is 4.31. The van der Waals surface area contributed by atoms with Crippen molar-refractivity contribution in [2.24, 2.45) is 0 Å². The quantitative estimate of drug-likeness (QED) is 0.654. The maximum absolute atomic E-state index is 2.43. The summed E-state index contributed by atoms with van der Waals surface area (Å²) in [7, 11) is 0. The fourth-order valence-corrected chi connectivity index (χ4v) is 2.26. The molecule has 0 aromatic heterocycles. The molecule has 0 nitrogen and oxygen atoms in total. The van der Waals surface area contributed by atoms with Gasteiger partial charge < -0.3 is 0 Å². The second-order valence-electron chi connectivity index (χ2n) is 4.45. The Morgan fingerprint density at radius 2 is 2.14 bits per heavy atom. The Morgan fingerprint density at radius 3 is 2.71 bits per heavy atom. The van der Waals surface area contributed by atoms with Crippen molar-refractivity contribution in [3.05, 3.63) is 23.3 Å². The molecule has 0 bridgehead atoms. The van der Waals surface area contributed by atoms with E-state index < -0.39 is 0 Å². The third-order valence-electron chi connectivity index (χ3n) is 3.00. The van der Waals surface area contributed by atoms with Crippen molar-refractivity contribution < 1.29 is 0 Å². The van der Waals surface area contributed by atoms with Crippen molar-refractivity contribution in [1.29, 1.82) is 0 Å². The second-order valence-corrected chi connectivity index (χ2v) is 5.88. The van der Waals surface area contributed by atoms with E-state index in [1.54, 1.807) is 11.1 Å². The standard InChI is InChI=1S/C13H22S/c1-5-7-11-8-6-9-12(10-11)13(2,3)14-4/h8,10H,5-7,9H2,1-4H3. The van der Waals surface area contributed by atoms with Crippen molar-refractivity contribution in [2.75, 3.05) is 6.26 Å². The predicted molar refractivity (Wildman–Crippen MR) is 67.9 cm³/mol. The van der Waals surface area contributed by atoms with Gasteiger partial charge in [0.1, 0.15) is 0 Å². The number of thioether (sulfide) groups is 1. The first-order valence-electron chi connectivity index (χ1n) is 5.55. The molecule has 1 aliphatic carbocycles. The molecule has 0 aromatic rings. The molecule has 1 aliphatic rings. The zero-order valence-electron chi connectivity index (χ0n) is 9.89. The number of hydrogen-bond acceptors (Lipinski definition) is 1. The van der Waals surface area contributed by atoms with Gasteiger partial charge in [-0.1, -0.05) is 36.6 Å². The van der Waals surface area contributed by atoms with Crippen molar-refractivity contribution in [3.8, 4) is 0 Å². The summed E-state index contributed by atoms with van der Waals surface area (Å²) in [4.78, 5) is 0. The first-order valence-corrected chi connectivity index (χ1v) is 6.78. The van der Waals surface area contributed by atoms with Crippen molar-refractivity contribution in [2.45, 2.75) is 51.2 Å². The summed E-state index contributed by atoms with van der Waals surface area (Å²) in [6.45, 7) is 6.92. The van der Waals surface area contributed by atoms with Gasteiger partial charge in [-0.3, -0.25) is 0 Å². The number of hydrogen-bond donors (Lipinski definition) is 0. The summed E-state index contributed by atoms with van der Waals surface area (Å²) < 4.78 is 0.327. The zero-order valence-corrected chi connectivity index (χ0v) is 10.7. The predicted octanol–water partition coefficient (Wildman–Crippen LogP) is 4.57. The van der Waals surface area contributed by atoms with Gasteiger partial charge in [-0.05, 0) is 39.4 Å². The van der Waals surface area contributed by atoms with Crippen molar-refractivity contribution in [3.63, 3.8) is 0 Å². The van der Waals surface area contributed by atoms with Gasteiger partial charge in [0.15, 0.2) is 0 Å². The lowest BCUT2D eigenvalue weighted by molar-refractivity contribution is 0.747. The third kappa shape index (κ3) is 2.91. The molecule has 0 atom stereocenters. The summed E-state index contributed by atoms with van der Waals surface area (Å²) in [5, 5.41) is 0. The maximum atomic E-state index is 2.43. The molecular formula is C13H22S. The van der Waals surface area contributed by atoms with E-state index in [4.69, 9.17) is 0 Å². The molecule has 0 N–H and O–H groups in total. The van der Waals surface area contributed by atoms with Crippen LogP contribution in [-0.4, -0.2) is 11.0 Å². The highest BCUT2D eigenvalue weighted by atomic mass is 32.2. The van der Waals surface area contributed by atoms with Gasteiger partial charge in [0, 0.05) is 4.75 Å². The number of rotatable bonds is 4. The van der Waals surface area contributed by atoms with Gasteiger partial charge in [0.25, 0.3) is 0 Å². The van der Waals surface area contributed by atoms with Crippen LogP contribution in [0.4, 0.5) is 0 Å². The van der Waals surface area contributed by atoms with Crippen LogP contribution >= 0.6 is 11.8 Å². The van der Waals surface area contributed by atoms with Crippen molar-refractivity contribution >= 4 is 11.8 Å². The molecule has 80 valence electrons. The van der Waals surface area contributed by atoms with Crippen LogP contribution in [0.15, 0.2) is 23.3 Å². The lowest BCUT2D eigenvalue weighted by Gasteiger charge is -2.28. The largest absolute Gasteiger partial charge is 0.155 e. The van der Waals surface area contributed by atoms with E-state index >= 15 is 0 Å². The van der Waals surface area contributed by atoms with E-state index in [1.165, 1.54) is 25.7 Å². The molecule has 0 radical (unpaired) electrons. The average molecular weight is 210 g/mol. The van der Waals surface area contributed by atoms with Crippen LogP contribution in [-0.2, 0) is 0 Å². The Labute approximate surface area is 92.9 Å². The first-order chi connectivity index (χ1) is 6.60. The highest BCUT2D eigenvalue weighted by Gasteiger charge is 2.22. The SMILES string of the molecule is CCCC1=CCCC(C(C)(C)SC)=C1. The van der Waals surface area contributed by atoms with Crippen LogP contribution in [0.3, 0.4) is 0 Å². The third-order valence-corrected chi connectivity index (χ3v) is 4.28. The molecule has 0 heterocycles. The minimum Gasteiger partial charge on any atom is -0.155 e. The average Bonchev–Trinajstić information content (AvgIpc) is 2.19. The van der Waals surface area contributed by atoms with Gasteiger partial charge in [-0.15, -0.1) is 0 Å². The zero-order chi connectivity index (χ0) is 10.6. The topological polar surface area (TPSA) is 0 Å². The minimum atomic E-state index is 0.327. The van der Waals surface area contributed by atoms with E-state index in [2.05, 4.69) is 39.2 Å². The fraction of sp³-hybridized carbons (Fsp3) is 0.692. The van der Waals surface area contributed by atoms with E-state index in [9.17, 15) is 0 Å². The maximum Gasteiger partial charge on any atom is 0.0312 e. The highest BCUT2D eigenvalue weighted by molar-refractivity contribution is 8.00. The second kappa shape index (κ2) is 5.06. The van der Waals surface area contributed by atoms with Gasteiger partial charge in [-0.25, -0.2) is 0 Å². The van der Waals surface area contributed by atoms with Gasteiger partial charge in [0.05, 0.1) is 0 Å². The minimum absolute atomic E-state index is 0.327. The summed E-state index contributed by atoms with van der Waals surface area (Å²) in [6, 6.07) is 0. The van der Waals surface area contributed by atoms with Crippen LogP contribution in [0, 0.1) is 0 Å². The normalized spacial score (nSPS) is 17.7. The monoisotopic (exact) mass is 210 g/mol. The molecule has 14 heavy (non-hydrogen) atoms. The highest BCUT2D eigenvalue weighted by Crippen LogP contribution is 2.36. The van der Waals surface area contributed by atoms with Gasteiger partial charge in [-0.2, -0.15) is 11.8 Å². The van der Waals surface area contributed by atoms with E-state index in [1.807, 2.05) is 11.8 Å². The van der Waals surface area contributed by atoms with Crippen LogP contribution in [0.1, 0.15) is 46.5 Å². The van der Waals surface area contributed by atoms with E-state index in [0.717, 1.165) is 0 Å². The Morgan fingerprint density at radius 1 is 1.43 bits per heavy atom. The summed E-state index contributed by atoms with van der Waals surface area (Å²) >= 11 is 1.96. The fourth-order valence-electron chi connectivity index (χ4n) is 1.84. The molecule has 0 spiro atoms. The molecule has 0 fully saturated rings. The van der Waals surface area contributed by atoms with Crippen LogP contribution in [0.2, 0.25) is 0 Å². The van der Waals surface area contributed by atoms with Crippen molar-refractivity contribution in [1.82, 2.24) is 0 Å². The molecule has 0 unspecified atom stereocenters. The van der Waals surface area contributed by atoms with Crippen LogP contribution < -0.4 is 0 Å². The Bertz CT molecular complexity index is 246. The summed E-state index contributed by atoms with van der Waals surface area (Å²) in [5.41, 5.74) is 3.17. The first kappa shape index (κ1) is 11.9. The molecule has 0 saturated heterocycles. The molecular weight excluding hydrogens is 188 g/mol. The van der Waals surface area contributed by atoms with Gasteiger partial charge in [0.2, 0.25) is 0 Å². The molecule has 1 heteroatoms. The van der Waals surface area contributed by atoms with Crippen LogP contribution in [0.5, 0.6) is 0 Å². The molecule has 0 amide bonds. The molecule has 0 aromatic carbocycles. The summed E-state index contributed by atoms with van der Waals surface area (Å²) in [5.74, 6) is 0. The van der Waals surface area contributed by atoms with Gasteiger partial charge >= 0.3 is 0 Å². The summed E-state index contributed by atoms with van der Waals surface area (Å²) in [6.07, 6.45) is 12.0. The van der Waals surface area contributed by atoms with E-state index in [0.29, 0.717) is 4.75 Å². The lowest BCUT2D eigenvalue weighted by Crippen LogP contribution is -2.19. The Hall–Kier alpha value is -0.170. The van der Waals surface area contributed by atoms with Crippen LogP contribution in [0.25, 0.3) is 0 Å². The lowest BCUT2D eigenvalue weighted by atomic mass is 9.89. The molecule has 1 rings (SSSR count). The van der Waals surface area contributed by atoms with E-state index in [-0.39, 0.29) is 0 Å². The smallest absolute Gasteiger partial charge is 0.0312 e. The molecule has 0 saturated carbocycles. The molecule has 0 aliphatic heterocycles. The number of allylic oxidation sites excluding steroid dienone is 3.